The number of methoxy groups -OCH3 is 1. The molecule has 0 spiro atoms. The molecular formula is C22H20ClN5O2. The van der Waals surface area contributed by atoms with Gasteiger partial charge in [-0.2, -0.15) is 0 Å². The molecule has 0 aliphatic heterocycles. The first-order chi connectivity index (χ1) is 14.5. The van der Waals surface area contributed by atoms with Crippen LogP contribution in [-0.4, -0.2) is 27.4 Å². The minimum absolute atomic E-state index is 0.104. The number of fused-ring (bicyclic) bond motifs is 1. The summed E-state index contributed by atoms with van der Waals surface area (Å²) in [6, 6.07) is 11.2. The number of aryl methyl sites for hydroxylation is 1. The summed E-state index contributed by atoms with van der Waals surface area (Å²) in [6.07, 6.45) is 5.31. The van der Waals surface area contributed by atoms with Crippen LogP contribution in [0.3, 0.4) is 0 Å². The van der Waals surface area contributed by atoms with Crippen LogP contribution in [0.2, 0.25) is 5.02 Å². The van der Waals surface area contributed by atoms with Crippen molar-refractivity contribution in [1.82, 2.24) is 14.4 Å². The largest absolute Gasteiger partial charge is 0.497 e. The molecule has 152 valence electrons. The fraction of sp³-hybridized carbons (Fsp3) is 0.136. The fourth-order valence-corrected chi connectivity index (χ4v) is 3.51. The lowest BCUT2D eigenvalue weighted by atomic mass is 10.1. The number of imidazole rings is 1. The highest BCUT2D eigenvalue weighted by molar-refractivity contribution is 6.33. The molecule has 2 aromatic heterocycles. The number of hydrogen-bond donors (Lipinski definition) is 2. The molecule has 30 heavy (non-hydrogen) atoms. The van der Waals surface area contributed by atoms with Crippen LogP contribution in [0.5, 0.6) is 5.75 Å². The van der Waals surface area contributed by atoms with Gasteiger partial charge in [0.25, 0.3) is 0 Å². The third-order valence-electron chi connectivity index (χ3n) is 4.68. The summed E-state index contributed by atoms with van der Waals surface area (Å²) < 4.78 is 7.16. The molecule has 2 N–H and O–H groups in total. The molecule has 0 radical (unpaired) electrons. The molecule has 0 aliphatic rings. The highest BCUT2D eigenvalue weighted by Gasteiger charge is 2.14. The first kappa shape index (κ1) is 19.7. The lowest BCUT2D eigenvalue weighted by molar-refractivity contribution is -0.114. The Morgan fingerprint density at radius 1 is 1.17 bits per heavy atom. The second-order valence-electron chi connectivity index (χ2n) is 6.79. The van der Waals surface area contributed by atoms with Gasteiger partial charge in [0.15, 0.2) is 11.5 Å². The first-order valence-electron chi connectivity index (χ1n) is 9.27. The molecule has 0 aliphatic carbocycles. The number of benzene rings is 2. The Morgan fingerprint density at radius 2 is 2.00 bits per heavy atom. The molecule has 2 aromatic carbocycles. The lowest BCUT2D eigenvalue weighted by Gasteiger charge is -2.11. The van der Waals surface area contributed by atoms with Crippen LogP contribution in [0.25, 0.3) is 16.9 Å². The van der Waals surface area contributed by atoms with Crippen molar-refractivity contribution >= 4 is 40.3 Å². The van der Waals surface area contributed by atoms with E-state index in [9.17, 15) is 4.79 Å². The predicted molar refractivity (Wildman–Crippen MR) is 119 cm³/mol. The van der Waals surface area contributed by atoms with Gasteiger partial charge in [0.05, 0.1) is 24.0 Å². The van der Waals surface area contributed by atoms with E-state index in [2.05, 4.69) is 20.6 Å². The Kier molecular flexibility index (Phi) is 5.29. The standard InChI is InChI=1S/C22H20ClN5O2/c1-13-10-15(4-7-19(13)26-14(2)29)27-21-22-25-12-20(28(22)9-8-24-21)17-6-5-16(30-3)11-18(17)23/h4-12H,1-3H3,(H,24,27)(H,26,29). The number of carbonyl (C=O) groups is 1. The highest BCUT2D eigenvalue weighted by atomic mass is 35.5. The summed E-state index contributed by atoms with van der Waals surface area (Å²) in [7, 11) is 1.60. The highest BCUT2D eigenvalue weighted by Crippen LogP contribution is 2.33. The van der Waals surface area contributed by atoms with Crippen LogP contribution in [0, 0.1) is 6.92 Å². The molecule has 0 unspecified atom stereocenters. The van der Waals surface area contributed by atoms with Crippen LogP contribution < -0.4 is 15.4 Å². The van der Waals surface area contributed by atoms with E-state index in [-0.39, 0.29) is 5.91 Å². The van der Waals surface area contributed by atoms with Gasteiger partial charge in [0.2, 0.25) is 5.91 Å². The zero-order valence-corrected chi connectivity index (χ0v) is 17.5. The molecule has 8 heteroatoms. The van der Waals surface area contributed by atoms with E-state index in [1.54, 1.807) is 25.6 Å². The van der Waals surface area contributed by atoms with Crippen molar-refractivity contribution in [2.75, 3.05) is 17.7 Å². The van der Waals surface area contributed by atoms with Crippen LogP contribution in [0.1, 0.15) is 12.5 Å². The summed E-state index contributed by atoms with van der Waals surface area (Å²) in [4.78, 5) is 20.3. The van der Waals surface area contributed by atoms with Gasteiger partial charge in [-0.3, -0.25) is 9.20 Å². The number of amides is 1. The van der Waals surface area contributed by atoms with Crippen molar-refractivity contribution in [3.8, 4) is 17.0 Å². The maximum absolute atomic E-state index is 11.3. The lowest BCUT2D eigenvalue weighted by Crippen LogP contribution is -2.07. The van der Waals surface area contributed by atoms with Crippen molar-refractivity contribution < 1.29 is 9.53 Å². The molecule has 1 amide bonds. The van der Waals surface area contributed by atoms with Crippen LogP contribution in [0.15, 0.2) is 55.0 Å². The first-order valence-corrected chi connectivity index (χ1v) is 9.65. The zero-order valence-electron chi connectivity index (χ0n) is 16.7. The number of anilines is 3. The van der Waals surface area contributed by atoms with E-state index in [4.69, 9.17) is 16.3 Å². The number of carbonyl (C=O) groups excluding carboxylic acids is 1. The second-order valence-corrected chi connectivity index (χ2v) is 7.20. The fourth-order valence-electron chi connectivity index (χ4n) is 3.25. The maximum Gasteiger partial charge on any atom is 0.221 e. The van der Waals surface area contributed by atoms with Crippen LogP contribution in [-0.2, 0) is 4.79 Å². The number of nitrogens with zero attached hydrogens (tertiary/aromatic N) is 3. The van der Waals surface area contributed by atoms with Gasteiger partial charge in [-0.25, -0.2) is 9.97 Å². The summed E-state index contributed by atoms with van der Waals surface area (Å²) in [5.74, 6) is 1.20. The van der Waals surface area contributed by atoms with Gasteiger partial charge < -0.3 is 15.4 Å². The predicted octanol–water partition coefficient (Wildman–Crippen LogP) is 5.07. The SMILES string of the molecule is COc1ccc(-c2cnc3c(Nc4ccc(NC(C)=O)c(C)c4)nccn23)c(Cl)c1. The van der Waals surface area contributed by atoms with E-state index in [0.717, 1.165) is 28.2 Å². The average molecular weight is 422 g/mol. The summed E-state index contributed by atoms with van der Waals surface area (Å²) in [5, 5.41) is 6.69. The van der Waals surface area contributed by atoms with Gasteiger partial charge in [0.1, 0.15) is 5.75 Å². The third-order valence-corrected chi connectivity index (χ3v) is 4.99. The summed E-state index contributed by atoms with van der Waals surface area (Å²) in [6.45, 7) is 3.42. The summed E-state index contributed by atoms with van der Waals surface area (Å²) >= 11 is 6.46. The molecular weight excluding hydrogens is 402 g/mol. The Labute approximate surface area is 178 Å². The molecule has 0 saturated heterocycles. The molecule has 0 atom stereocenters. The number of rotatable bonds is 5. The van der Waals surface area contributed by atoms with Gasteiger partial charge in [0, 0.05) is 36.3 Å². The van der Waals surface area contributed by atoms with Gasteiger partial charge in [-0.15, -0.1) is 0 Å². The molecule has 0 saturated carbocycles. The second kappa shape index (κ2) is 8.04. The normalized spacial score (nSPS) is 10.8. The quantitative estimate of drug-likeness (QED) is 0.470. The molecule has 2 heterocycles. The average Bonchev–Trinajstić information content (AvgIpc) is 3.14. The number of hydrogen-bond acceptors (Lipinski definition) is 5. The number of aromatic nitrogens is 3. The Bertz CT molecular complexity index is 1250. The van der Waals surface area contributed by atoms with Crippen molar-refractivity contribution in [3.63, 3.8) is 0 Å². The van der Waals surface area contributed by atoms with Gasteiger partial charge >= 0.3 is 0 Å². The van der Waals surface area contributed by atoms with E-state index in [0.29, 0.717) is 22.2 Å². The maximum atomic E-state index is 11.3. The monoisotopic (exact) mass is 421 g/mol. The zero-order chi connectivity index (χ0) is 21.3. The molecule has 4 rings (SSSR count). The van der Waals surface area contributed by atoms with Crippen molar-refractivity contribution in [2.24, 2.45) is 0 Å². The Morgan fingerprint density at radius 3 is 2.70 bits per heavy atom. The van der Waals surface area contributed by atoms with E-state index in [1.807, 2.05) is 47.9 Å². The number of nitrogens with one attached hydrogen (secondary N) is 2. The van der Waals surface area contributed by atoms with Crippen molar-refractivity contribution in [1.29, 1.82) is 0 Å². The Hall–Kier alpha value is -3.58. The summed E-state index contributed by atoms with van der Waals surface area (Å²) in [5.41, 5.74) is 4.92. The van der Waals surface area contributed by atoms with Crippen LogP contribution in [0.4, 0.5) is 17.2 Å². The van der Waals surface area contributed by atoms with Gasteiger partial charge in [-0.05, 0) is 48.9 Å². The van der Waals surface area contributed by atoms with E-state index >= 15 is 0 Å². The topological polar surface area (TPSA) is 80.5 Å². The molecule has 0 fully saturated rings. The molecule has 4 aromatic rings. The Balaban J connectivity index is 1.69. The van der Waals surface area contributed by atoms with E-state index in [1.165, 1.54) is 6.92 Å². The van der Waals surface area contributed by atoms with Gasteiger partial charge in [-0.1, -0.05) is 11.6 Å². The molecule has 7 nitrogen and oxygen atoms in total. The van der Waals surface area contributed by atoms with Crippen LogP contribution >= 0.6 is 11.6 Å². The molecule has 0 bridgehead atoms. The number of halogens is 1. The minimum atomic E-state index is -0.104. The van der Waals surface area contributed by atoms with Crippen molar-refractivity contribution in [2.45, 2.75) is 13.8 Å². The smallest absolute Gasteiger partial charge is 0.221 e. The minimum Gasteiger partial charge on any atom is -0.497 e. The number of ether oxygens (including phenoxy) is 1. The van der Waals surface area contributed by atoms with Crippen molar-refractivity contribution in [3.05, 3.63) is 65.6 Å². The third kappa shape index (κ3) is 3.79. The van der Waals surface area contributed by atoms with E-state index < -0.39 is 0 Å².